The maximum Gasteiger partial charge on any atom is 0.304 e. The summed E-state index contributed by atoms with van der Waals surface area (Å²) in [6, 6.07) is 4.17. The Labute approximate surface area is 77.7 Å². The molecule has 0 saturated heterocycles. The number of hydrogen-bond acceptors (Lipinski definition) is 3. The van der Waals surface area contributed by atoms with Crippen LogP contribution in [-0.4, -0.2) is 17.8 Å². The predicted molar refractivity (Wildman–Crippen MR) is 40.5 cm³/mol. The normalized spacial score (nSPS) is 12.2. The van der Waals surface area contributed by atoms with Crippen molar-refractivity contribution in [3.05, 3.63) is 23.9 Å². The molecule has 1 rings (SSSR count). The molecule has 14 heavy (non-hydrogen) atoms. The minimum atomic E-state index is -3.23. The number of ether oxygens (including phenoxy) is 1. The first kappa shape index (κ1) is 10.3. The second-order valence-corrected chi connectivity index (χ2v) is 2.30. The van der Waals surface area contributed by atoms with Gasteiger partial charge in [0.1, 0.15) is 0 Å². The maximum atomic E-state index is 12.4. The summed E-state index contributed by atoms with van der Waals surface area (Å²) in [5.41, 5.74) is 0.163. The standard InChI is InChI=1S/C8H5F3N2O/c9-7(10)8(11)14-6-3-5(4-12)1-2-13-6/h1-3,7-8H. The number of nitriles is 1. The number of rotatable bonds is 3. The summed E-state index contributed by atoms with van der Waals surface area (Å²) >= 11 is 0. The van der Waals surface area contributed by atoms with E-state index >= 15 is 0 Å². The van der Waals surface area contributed by atoms with Crippen molar-refractivity contribution in [2.75, 3.05) is 0 Å². The summed E-state index contributed by atoms with van der Waals surface area (Å²) in [6.45, 7) is 0. The van der Waals surface area contributed by atoms with Gasteiger partial charge in [0.2, 0.25) is 5.88 Å². The molecule has 1 aromatic heterocycles. The van der Waals surface area contributed by atoms with Crippen LogP contribution >= 0.6 is 0 Å². The molecule has 0 aliphatic heterocycles. The van der Waals surface area contributed by atoms with Crippen LogP contribution in [0.3, 0.4) is 0 Å². The minimum Gasteiger partial charge on any atom is -0.437 e. The van der Waals surface area contributed by atoms with Gasteiger partial charge in [0.25, 0.3) is 6.36 Å². The van der Waals surface area contributed by atoms with E-state index in [4.69, 9.17) is 5.26 Å². The molecule has 0 aliphatic carbocycles. The quantitative estimate of drug-likeness (QED) is 0.751. The van der Waals surface area contributed by atoms with Crippen molar-refractivity contribution in [2.45, 2.75) is 12.8 Å². The van der Waals surface area contributed by atoms with E-state index in [9.17, 15) is 13.2 Å². The first-order valence-electron chi connectivity index (χ1n) is 3.58. The Bertz CT molecular complexity index is 351. The SMILES string of the molecule is N#Cc1ccnc(OC(F)C(F)F)c1. The molecule has 3 nitrogen and oxygen atoms in total. The third kappa shape index (κ3) is 2.62. The van der Waals surface area contributed by atoms with Gasteiger partial charge in [-0.3, -0.25) is 0 Å². The lowest BCUT2D eigenvalue weighted by Gasteiger charge is -2.08. The Morgan fingerprint density at radius 2 is 2.14 bits per heavy atom. The summed E-state index contributed by atoms with van der Waals surface area (Å²) in [5, 5.41) is 8.43. The Hall–Kier alpha value is -1.77. The topological polar surface area (TPSA) is 45.9 Å². The summed E-state index contributed by atoms with van der Waals surface area (Å²) in [4.78, 5) is 3.46. The average Bonchev–Trinajstić information content (AvgIpc) is 2.18. The zero-order valence-electron chi connectivity index (χ0n) is 6.82. The van der Waals surface area contributed by atoms with Gasteiger partial charge in [0.05, 0.1) is 11.6 Å². The van der Waals surface area contributed by atoms with E-state index in [0.29, 0.717) is 0 Å². The summed E-state index contributed by atoms with van der Waals surface area (Å²) in [5.74, 6) is -0.336. The molecular weight excluding hydrogens is 197 g/mol. The third-order valence-corrected chi connectivity index (χ3v) is 1.30. The smallest absolute Gasteiger partial charge is 0.304 e. The Morgan fingerprint density at radius 1 is 1.43 bits per heavy atom. The molecule has 0 saturated carbocycles. The van der Waals surface area contributed by atoms with Crippen LogP contribution in [0.15, 0.2) is 18.3 Å². The molecule has 0 amide bonds. The molecule has 6 heteroatoms. The fourth-order valence-corrected chi connectivity index (χ4v) is 0.710. The van der Waals surface area contributed by atoms with Gasteiger partial charge in [0.15, 0.2) is 0 Å². The van der Waals surface area contributed by atoms with Crippen LogP contribution in [0.4, 0.5) is 13.2 Å². The molecule has 1 unspecified atom stereocenters. The Kier molecular flexibility index (Phi) is 3.29. The second-order valence-electron chi connectivity index (χ2n) is 2.30. The van der Waals surface area contributed by atoms with Crippen LogP contribution < -0.4 is 4.74 Å². The molecule has 1 atom stereocenters. The van der Waals surface area contributed by atoms with Gasteiger partial charge in [-0.15, -0.1) is 0 Å². The zero-order valence-corrected chi connectivity index (χ0v) is 6.82. The minimum absolute atomic E-state index is 0.163. The van der Waals surface area contributed by atoms with Gasteiger partial charge in [-0.25, -0.2) is 13.8 Å². The largest absolute Gasteiger partial charge is 0.437 e. The lowest BCUT2D eigenvalue weighted by molar-refractivity contribution is -0.0690. The summed E-state index contributed by atoms with van der Waals surface area (Å²) in [7, 11) is 0. The van der Waals surface area contributed by atoms with Crippen molar-refractivity contribution in [3.63, 3.8) is 0 Å². The number of halogens is 3. The molecular formula is C8H5F3N2O. The highest BCUT2D eigenvalue weighted by molar-refractivity contribution is 5.31. The molecule has 0 aromatic carbocycles. The highest BCUT2D eigenvalue weighted by Crippen LogP contribution is 2.14. The number of hydrogen-bond donors (Lipinski definition) is 0. The Morgan fingerprint density at radius 3 is 2.71 bits per heavy atom. The van der Waals surface area contributed by atoms with Gasteiger partial charge >= 0.3 is 6.43 Å². The van der Waals surface area contributed by atoms with Crippen molar-refractivity contribution in [3.8, 4) is 11.9 Å². The van der Waals surface area contributed by atoms with Crippen molar-refractivity contribution in [2.24, 2.45) is 0 Å². The number of pyridine rings is 1. The summed E-state index contributed by atoms with van der Waals surface area (Å²) < 4.78 is 39.9. The molecule has 0 aliphatic rings. The van der Waals surface area contributed by atoms with E-state index in [1.54, 1.807) is 6.07 Å². The predicted octanol–water partition coefficient (Wildman–Crippen LogP) is 1.89. The highest BCUT2D eigenvalue weighted by Gasteiger charge is 2.21. The average molecular weight is 202 g/mol. The highest BCUT2D eigenvalue weighted by atomic mass is 19.3. The van der Waals surface area contributed by atoms with Gasteiger partial charge in [-0.2, -0.15) is 9.65 Å². The van der Waals surface area contributed by atoms with Crippen LogP contribution in [-0.2, 0) is 0 Å². The lowest BCUT2D eigenvalue weighted by Crippen LogP contribution is -2.20. The Balaban J connectivity index is 2.73. The van der Waals surface area contributed by atoms with Crippen LogP contribution in [0.2, 0.25) is 0 Å². The molecule has 74 valence electrons. The first-order valence-corrected chi connectivity index (χ1v) is 3.58. The molecule has 1 aromatic rings. The van der Waals surface area contributed by atoms with Gasteiger partial charge < -0.3 is 4.74 Å². The molecule has 0 N–H and O–H groups in total. The fourth-order valence-electron chi connectivity index (χ4n) is 0.710. The zero-order chi connectivity index (χ0) is 10.6. The van der Waals surface area contributed by atoms with Crippen LogP contribution in [0.1, 0.15) is 5.56 Å². The van der Waals surface area contributed by atoms with E-state index in [0.717, 1.165) is 6.07 Å². The first-order chi connectivity index (χ1) is 6.63. The van der Waals surface area contributed by atoms with E-state index < -0.39 is 12.8 Å². The van der Waals surface area contributed by atoms with Crippen LogP contribution in [0.5, 0.6) is 5.88 Å². The van der Waals surface area contributed by atoms with Crippen molar-refractivity contribution >= 4 is 0 Å². The molecule has 0 bridgehead atoms. The van der Waals surface area contributed by atoms with E-state index in [1.165, 1.54) is 12.3 Å². The maximum absolute atomic E-state index is 12.4. The number of alkyl halides is 3. The van der Waals surface area contributed by atoms with Crippen molar-refractivity contribution in [1.82, 2.24) is 4.98 Å². The molecule has 1 heterocycles. The molecule has 0 radical (unpaired) electrons. The summed E-state index contributed by atoms with van der Waals surface area (Å²) in [6.07, 6.45) is -4.79. The van der Waals surface area contributed by atoms with Crippen molar-refractivity contribution in [1.29, 1.82) is 5.26 Å². The van der Waals surface area contributed by atoms with Gasteiger partial charge in [0, 0.05) is 12.3 Å². The van der Waals surface area contributed by atoms with E-state index in [1.807, 2.05) is 0 Å². The van der Waals surface area contributed by atoms with Crippen LogP contribution in [0.25, 0.3) is 0 Å². The van der Waals surface area contributed by atoms with Gasteiger partial charge in [-0.1, -0.05) is 0 Å². The van der Waals surface area contributed by atoms with E-state index in [2.05, 4.69) is 9.72 Å². The van der Waals surface area contributed by atoms with E-state index in [-0.39, 0.29) is 11.4 Å². The molecule has 0 fully saturated rings. The lowest BCUT2D eigenvalue weighted by atomic mass is 10.3. The monoisotopic (exact) mass is 202 g/mol. The van der Waals surface area contributed by atoms with Crippen LogP contribution in [0, 0.1) is 11.3 Å². The molecule has 0 spiro atoms. The fraction of sp³-hybridized carbons (Fsp3) is 0.250. The van der Waals surface area contributed by atoms with Gasteiger partial charge in [-0.05, 0) is 6.07 Å². The second kappa shape index (κ2) is 4.46. The number of aromatic nitrogens is 1. The van der Waals surface area contributed by atoms with Crippen molar-refractivity contribution < 1.29 is 17.9 Å². The number of nitrogens with zero attached hydrogens (tertiary/aromatic N) is 2. The third-order valence-electron chi connectivity index (χ3n) is 1.30.